The van der Waals surface area contributed by atoms with E-state index >= 15 is 0 Å². The molecule has 2 saturated heterocycles. The smallest absolute Gasteiger partial charge is 0.323 e. The number of carbonyl (C=O) groups is 2. The van der Waals surface area contributed by atoms with Gasteiger partial charge in [-0.2, -0.15) is 4.31 Å². The van der Waals surface area contributed by atoms with Gasteiger partial charge in [-0.25, -0.2) is 18.1 Å². The zero-order valence-electron chi connectivity index (χ0n) is 15.6. The molecule has 0 bridgehead atoms. The van der Waals surface area contributed by atoms with Crippen molar-refractivity contribution in [2.45, 2.75) is 30.2 Å². The molecule has 152 valence electrons. The van der Waals surface area contributed by atoms with Crippen molar-refractivity contribution in [2.75, 3.05) is 32.8 Å². The fraction of sp³-hybridized carbons (Fsp3) is 0.556. The fourth-order valence-electron chi connectivity index (χ4n) is 3.89. The van der Waals surface area contributed by atoms with E-state index in [9.17, 15) is 18.0 Å². The minimum Gasteiger partial charge on any atom is -0.323 e. The van der Waals surface area contributed by atoms with Crippen LogP contribution >= 0.6 is 15.9 Å². The predicted molar refractivity (Wildman–Crippen MR) is 106 cm³/mol. The monoisotopic (exact) mass is 470 g/mol. The number of hydrogen-bond acceptors (Lipinski definition) is 5. The first-order valence-electron chi connectivity index (χ1n) is 9.34. The van der Waals surface area contributed by atoms with Gasteiger partial charge in [-0.3, -0.25) is 9.69 Å². The second-order valence-electron chi connectivity index (χ2n) is 7.73. The summed E-state index contributed by atoms with van der Waals surface area (Å²) in [6, 6.07) is 6.40. The topological polar surface area (TPSA) is 90.0 Å². The van der Waals surface area contributed by atoms with Gasteiger partial charge in [0.25, 0.3) is 5.91 Å². The Bertz CT molecular complexity index is 912. The number of halogens is 1. The van der Waals surface area contributed by atoms with Crippen LogP contribution in [-0.2, 0) is 14.8 Å². The van der Waals surface area contributed by atoms with E-state index in [2.05, 4.69) is 21.2 Å². The van der Waals surface area contributed by atoms with E-state index in [0.717, 1.165) is 12.8 Å². The van der Waals surface area contributed by atoms with Gasteiger partial charge in [-0.15, -0.1) is 0 Å². The molecule has 4 rings (SSSR count). The molecule has 28 heavy (non-hydrogen) atoms. The van der Waals surface area contributed by atoms with Gasteiger partial charge >= 0.3 is 6.03 Å². The number of nitrogens with one attached hydrogen (secondary N) is 1. The first-order chi connectivity index (χ1) is 13.2. The molecule has 8 nitrogen and oxygen atoms in total. The summed E-state index contributed by atoms with van der Waals surface area (Å²) >= 11 is 3.30. The van der Waals surface area contributed by atoms with Gasteiger partial charge < -0.3 is 5.32 Å². The van der Waals surface area contributed by atoms with E-state index in [1.807, 2.05) is 4.90 Å². The number of urea groups is 1. The minimum absolute atomic E-state index is 0.178. The molecule has 3 aliphatic rings. The van der Waals surface area contributed by atoms with Crippen LogP contribution in [0.1, 0.15) is 19.8 Å². The van der Waals surface area contributed by atoms with Gasteiger partial charge in [-0.1, -0.05) is 12.1 Å². The van der Waals surface area contributed by atoms with Gasteiger partial charge in [0.2, 0.25) is 10.0 Å². The summed E-state index contributed by atoms with van der Waals surface area (Å²) < 4.78 is 27.7. The highest BCUT2D eigenvalue weighted by Crippen LogP contribution is 2.42. The molecule has 0 spiro atoms. The van der Waals surface area contributed by atoms with E-state index in [4.69, 9.17) is 0 Å². The SMILES string of the molecule is C[C@@]1(C2CC2)NC(=O)N(CN2CCN(S(=O)(=O)c3ccccc3Br)CC2)C1=O. The number of hydrogen-bond donors (Lipinski definition) is 1. The summed E-state index contributed by atoms with van der Waals surface area (Å²) in [6.45, 7) is 3.53. The molecular formula is C18H23BrN4O4S. The second-order valence-corrected chi connectivity index (χ2v) is 10.5. The molecule has 1 N–H and O–H groups in total. The van der Waals surface area contributed by atoms with Crippen LogP contribution in [0.15, 0.2) is 33.6 Å². The molecule has 10 heteroatoms. The summed E-state index contributed by atoms with van der Waals surface area (Å²) in [7, 11) is -3.59. The van der Waals surface area contributed by atoms with Gasteiger partial charge in [0.15, 0.2) is 0 Å². The highest BCUT2D eigenvalue weighted by Gasteiger charge is 2.56. The molecule has 1 saturated carbocycles. The number of nitrogens with zero attached hydrogens (tertiary/aromatic N) is 3. The van der Waals surface area contributed by atoms with Crippen LogP contribution in [0.4, 0.5) is 4.79 Å². The molecule has 1 aromatic rings. The van der Waals surface area contributed by atoms with Crippen molar-refractivity contribution in [3.8, 4) is 0 Å². The Morgan fingerprint density at radius 3 is 2.39 bits per heavy atom. The zero-order valence-corrected chi connectivity index (χ0v) is 18.0. The maximum atomic E-state index is 12.9. The van der Waals surface area contributed by atoms with Crippen molar-refractivity contribution in [3.63, 3.8) is 0 Å². The molecule has 0 radical (unpaired) electrons. The Labute approximate surface area is 173 Å². The lowest BCUT2D eigenvalue weighted by Gasteiger charge is -2.35. The van der Waals surface area contributed by atoms with E-state index in [1.165, 1.54) is 9.21 Å². The van der Waals surface area contributed by atoms with Crippen LogP contribution < -0.4 is 5.32 Å². The average Bonchev–Trinajstić information content (AvgIpc) is 3.48. The molecule has 0 unspecified atom stereocenters. The van der Waals surface area contributed by atoms with Crippen molar-refractivity contribution in [1.82, 2.24) is 19.4 Å². The third-order valence-electron chi connectivity index (χ3n) is 5.82. The molecular weight excluding hydrogens is 448 g/mol. The lowest BCUT2D eigenvalue weighted by atomic mass is 9.96. The first kappa shape index (κ1) is 19.8. The molecule has 2 aliphatic heterocycles. The predicted octanol–water partition coefficient (Wildman–Crippen LogP) is 1.43. The summed E-state index contributed by atoms with van der Waals surface area (Å²) in [6.07, 6.45) is 1.92. The quantitative estimate of drug-likeness (QED) is 0.657. The Balaban J connectivity index is 1.39. The van der Waals surface area contributed by atoms with E-state index < -0.39 is 15.6 Å². The van der Waals surface area contributed by atoms with Gasteiger partial charge in [-0.05, 0) is 53.7 Å². The third kappa shape index (κ3) is 3.36. The van der Waals surface area contributed by atoms with Crippen LogP contribution in [0.5, 0.6) is 0 Å². The van der Waals surface area contributed by atoms with Crippen molar-refractivity contribution in [2.24, 2.45) is 5.92 Å². The van der Waals surface area contributed by atoms with Crippen molar-refractivity contribution in [3.05, 3.63) is 28.7 Å². The molecule has 0 aromatic heterocycles. The number of imide groups is 1. The Morgan fingerprint density at radius 1 is 1.14 bits per heavy atom. The molecule has 1 atom stereocenters. The van der Waals surface area contributed by atoms with Crippen molar-refractivity contribution < 1.29 is 18.0 Å². The third-order valence-corrected chi connectivity index (χ3v) is 8.73. The van der Waals surface area contributed by atoms with Crippen LogP contribution in [0.3, 0.4) is 0 Å². The maximum absolute atomic E-state index is 12.9. The molecule has 1 aliphatic carbocycles. The van der Waals surface area contributed by atoms with E-state index in [0.29, 0.717) is 30.7 Å². The van der Waals surface area contributed by atoms with E-state index in [-0.39, 0.29) is 29.4 Å². The Hall–Kier alpha value is -1.49. The van der Waals surface area contributed by atoms with E-state index in [1.54, 1.807) is 31.2 Å². The number of benzene rings is 1. The summed E-state index contributed by atoms with van der Waals surface area (Å²) in [5.41, 5.74) is -0.790. The number of rotatable bonds is 5. The van der Waals surface area contributed by atoms with Gasteiger partial charge in [0.1, 0.15) is 5.54 Å². The maximum Gasteiger partial charge on any atom is 0.326 e. The van der Waals surface area contributed by atoms with Crippen LogP contribution in [0.2, 0.25) is 0 Å². The van der Waals surface area contributed by atoms with Crippen molar-refractivity contribution in [1.29, 1.82) is 0 Å². The summed E-state index contributed by atoms with van der Waals surface area (Å²) in [4.78, 5) is 28.5. The molecule has 3 amide bonds. The van der Waals surface area contributed by atoms with Crippen LogP contribution in [-0.4, -0.2) is 72.8 Å². The summed E-state index contributed by atoms with van der Waals surface area (Å²) in [5, 5.41) is 2.84. The number of piperazine rings is 1. The van der Waals surface area contributed by atoms with Gasteiger partial charge in [0.05, 0.1) is 11.6 Å². The lowest BCUT2D eigenvalue weighted by Crippen LogP contribution is -2.53. The molecule has 2 heterocycles. The van der Waals surface area contributed by atoms with Crippen LogP contribution in [0.25, 0.3) is 0 Å². The minimum atomic E-state index is -3.59. The number of sulfonamides is 1. The summed E-state index contributed by atoms with van der Waals surface area (Å²) in [5.74, 6) is 0.0449. The lowest BCUT2D eigenvalue weighted by molar-refractivity contribution is -0.133. The van der Waals surface area contributed by atoms with Gasteiger partial charge in [0, 0.05) is 30.7 Å². The standard InChI is InChI=1S/C18H23BrN4O4S/c1-18(13-6-7-13)16(24)23(17(25)20-18)12-21-8-10-22(11-9-21)28(26,27)15-5-3-2-4-14(15)19/h2-5,13H,6-12H2,1H3,(H,20,25)/t18-/m0/s1. The molecule has 3 fully saturated rings. The Morgan fingerprint density at radius 2 is 1.79 bits per heavy atom. The highest BCUT2D eigenvalue weighted by atomic mass is 79.9. The van der Waals surface area contributed by atoms with Crippen molar-refractivity contribution >= 4 is 37.9 Å². The normalized spacial score (nSPS) is 27.3. The number of amides is 3. The van der Waals surface area contributed by atoms with Crippen LogP contribution in [0, 0.1) is 5.92 Å². The fourth-order valence-corrected chi connectivity index (χ4v) is 6.27. The largest absolute Gasteiger partial charge is 0.326 e. The molecule has 1 aromatic carbocycles. The highest BCUT2D eigenvalue weighted by molar-refractivity contribution is 9.10. The average molecular weight is 471 g/mol. The second kappa shape index (κ2) is 7.08. The first-order valence-corrected chi connectivity index (χ1v) is 11.6. The number of carbonyl (C=O) groups excluding carboxylic acids is 2. The Kier molecular flexibility index (Phi) is 5.01. The zero-order chi connectivity index (χ0) is 20.1.